The molecule has 1 N–H and O–H groups in total. The van der Waals surface area contributed by atoms with E-state index in [1.54, 1.807) is 19.1 Å². The summed E-state index contributed by atoms with van der Waals surface area (Å²) in [4.78, 5) is 10.9. The minimum absolute atomic E-state index is 0.112. The molecular weight excluding hydrogens is 249 g/mol. The number of ether oxygens (including phenoxy) is 1. The molecule has 0 amide bonds. The molecule has 1 aromatic rings. The van der Waals surface area contributed by atoms with E-state index < -0.39 is 24.2 Å². The van der Waals surface area contributed by atoms with Crippen LogP contribution >= 0.6 is 0 Å². The van der Waals surface area contributed by atoms with Gasteiger partial charge < -0.3 is 9.84 Å². The smallest absolute Gasteiger partial charge is 0.426 e. The number of aryl methyl sites for hydroxylation is 1. The number of aliphatic carboxylic acids is 1. The minimum Gasteiger partial charge on any atom is -0.481 e. The number of hydrogen-bond acceptors (Lipinski definition) is 2. The van der Waals surface area contributed by atoms with Gasteiger partial charge in [0.15, 0.2) is 0 Å². The molecule has 2 rings (SSSR count). The Kier molecular flexibility index (Phi) is 2.96. The van der Waals surface area contributed by atoms with Crippen LogP contribution in [0.5, 0.6) is 5.75 Å². The second-order valence-electron chi connectivity index (χ2n) is 4.34. The summed E-state index contributed by atoms with van der Waals surface area (Å²) in [6, 6.07) is 4.73. The highest BCUT2D eigenvalue weighted by atomic mass is 19.4. The summed E-state index contributed by atoms with van der Waals surface area (Å²) in [5, 5.41) is 8.89. The number of carboxylic acids is 1. The van der Waals surface area contributed by atoms with Gasteiger partial charge >= 0.3 is 12.1 Å². The van der Waals surface area contributed by atoms with Crippen molar-refractivity contribution in [2.45, 2.75) is 25.6 Å². The third-order valence-corrected chi connectivity index (χ3v) is 2.92. The van der Waals surface area contributed by atoms with E-state index in [9.17, 15) is 18.0 Å². The van der Waals surface area contributed by atoms with Gasteiger partial charge in [0.2, 0.25) is 6.10 Å². The number of benzene rings is 1. The van der Waals surface area contributed by atoms with Gasteiger partial charge in [-0.1, -0.05) is 17.7 Å². The number of carboxylic acid groups (broad SMARTS) is 1. The van der Waals surface area contributed by atoms with Crippen molar-refractivity contribution in [2.24, 2.45) is 5.92 Å². The summed E-state index contributed by atoms with van der Waals surface area (Å²) >= 11 is 0. The first-order valence-electron chi connectivity index (χ1n) is 5.35. The van der Waals surface area contributed by atoms with Crippen molar-refractivity contribution in [1.29, 1.82) is 0 Å². The first-order chi connectivity index (χ1) is 8.29. The van der Waals surface area contributed by atoms with E-state index in [4.69, 9.17) is 9.84 Å². The first-order valence-corrected chi connectivity index (χ1v) is 5.35. The maximum atomic E-state index is 12.7. The van der Waals surface area contributed by atoms with Crippen LogP contribution in [-0.2, 0) is 11.2 Å². The third kappa shape index (κ3) is 2.27. The van der Waals surface area contributed by atoms with Crippen LogP contribution in [0.15, 0.2) is 18.2 Å². The molecule has 3 nitrogen and oxygen atoms in total. The maximum absolute atomic E-state index is 12.7. The zero-order valence-electron chi connectivity index (χ0n) is 9.49. The molecule has 0 aliphatic carbocycles. The van der Waals surface area contributed by atoms with E-state index in [1.165, 1.54) is 6.07 Å². The van der Waals surface area contributed by atoms with Gasteiger partial charge in [-0.05, 0) is 25.0 Å². The highest BCUT2D eigenvalue weighted by Gasteiger charge is 2.52. The number of hydrogen-bond donors (Lipinski definition) is 1. The standard InChI is InChI=1S/C12H11F3O3/c1-6-2-3-9-7(4-6)5-8(11(16)17)10(18-9)12(13,14)15/h2-4,8,10H,5H2,1H3,(H,16,17)/t8-,10+/m1/s1. The highest BCUT2D eigenvalue weighted by Crippen LogP contribution is 2.38. The molecule has 1 heterocycles. The average molecular weight is 260 g/mol. The second kappa shape index (κ2) is 4.19. The SMILES string of the molecule is Cc1ccc2c(c1)C[C@@H](C(=O)O)[C@@H](C(F)(F)F)O2. The van der Waals surface area contributed by atoms with Crippen molar-refractivity contribution < 1.29 is 27.8 Å². The molecule has 0 saturated carbocycles. The summed E-state index contributed by atoms with van der Waals surface area (Å²) in [7, 11) is 0. The number of alkyl halides is 3. The van der Waals surface area contributed by atoms with Gasteiger partial charge in [-0.2, -0.15) is 13.2 Å². The van der Waals surface area contributed by atoms with Crippen LogP contribution in [0.1, 0.15) is 11.1 Å². The van der Waals surface area contributed by atoms with Crippen LogP contribution in [0.3, 0.4) is 0 Å². The minimum atomic E-state index is -4.69. The van der Waals surface area contributed by atoms with Crippen molar-refractivity contribution >= 4 is 5.97 Å². The fourth-order valence-electron chi connectivity index (χ4n) is 2.06. The lowest BCUT2D eigenvalue weighted by Gasteiger charge is -2.32. The molecular formula is C12H11F3O3. The molecule has 0 bridgehead atoms. The van der Waals surface area contributed by atoms with Gasteiger partial charge in [-0.3, -0.25) is 4.79 Å². The van der Waals surface area contributed by atoms with Crippen LogP contribution < -0.4 is 4.74 Å². The molecule has 1 aromatic carbocycles. The summed E-state index contributed by atoms with van der Waals surface area (Å²) < 4.78 is 43.0. The predicted octanol–water partition coefficient (Wildman–Crippen LogP) is 2.56. The van der Waals surface area contributed by atoms with Crippen LogP contribution in [0.4, 0.5) is 13.2 Å². The second-order valence-corrected chi connectivity index (χ2v) is 4.34. The van der Waals surface area contributed by atoms with E-state index in [0.29, 0.717) is 5.56 Å². The van der Waals surface area contributed by atoms with Gasteiger partial charge in [0.1, 0.15) is 11.7 Å². The Hall–Kier alpha value is -1.72. The lowest BCUT2D eigenvalue weighted by atomic mass is 9.89. The third-order valence-electron chi connectivity index (χ3n) is 2.92. The molecule has 0 aromatic heterocycles. The summed E-state index contributed by atoms with van der Waals surface area (Å²) in [5.74, 6) is -2.98. The van der Waals surface area contributed by atoms with Gasteiger partial charge in [0.25, 0.3) is 0 Å². The largest absolute Gasteiger partial charge is 0.481 e. The summed E-state index contributed by atoms with van der Waals surface area (Å²) in [5.41, 5.74) is 1.36. The fraction of sp³-hybridized carbons (Fsp3) is 0.417. The molecule has 0 fully saturated rings. The molecule has 18 heavy (non-hydrogen) atoms. The van der Waals surface area contributed by atoms with Crippen LogP contribution in [0.25, 0.3) is 0 Å². The number of halogens is 3. The Balaban J connectivity index is 2.40. The number of carbonyl (C=O) groups is 1. The Morgan fingerprint density at radius 3 is 2.67 bits per heavy atom. The quantitative estimate of drug-likeness (QED) is 0.844. The monoisotopic (exact) mass is 260 g/mol. The zero-order valence-corrected chi connectivity index (χ0v) is 9.49. The molecule has 1 aliphatic rings. The molecule has 2 atom stereocenters. The Bertz CT molecular complexity index is 482. The van der Waals surface area contributed by atoms with Gasteiger partial charge in [0.05, 0.1) is 0 Å². The van der Waals surface area contributed by atoms with Crippen molar-refractivity contribution in [2.75, 3.05) is 0 Å². The first kappa shape index (κ1) is 12.7. The molecule has 0 unspecified atom stereocenters. The van der Waals surface area contributed by atoms with Gasteiger partial charge in [0, 0.05) is 0 Å². The van der Waals surface area contributed by atoms with E-state index in [0.717, 1.165) is 5.56 Å². The van der Waals surface area contributed by atoms with Crippen molar-refractivity contribution in [1.82, 2.24) is 0 Å². The lowest BCUT2D eigenvalue weighted by Crippen LogP contribution is -2.47. The van der Waals surface area contributed by atoms with E-state index in [-0.39, 0.29) is 12.2 Å². The number of fused-ring (bicyclic) bond motifs is 1. The maximum Gasteiger partial charge on any atom is 0.426 e. The Labute approximate surface area is 101 Å². The van der Waals surface area contributed by atoms with Crippen LogP contribution in [0.2, 0.25) is 0 Å². The lowest BCUT2D eigenvalue weighted by molar-refractivity contribution is -0.217. The molecule has 6 heteroatoms. The van der Waals surface area contributed by atoms with Crippen molar-refractivity contribution in [3.63, 3.8) is 0 Å². The molecule has 0 saturated heterocycles. The molecule has 0 radical (unpaired) electrons. The van der Waals surface area contributed by atoms with E-state index >= 15 is 0 Å². The summed E-state index contributed by atoms with van der Waals surface area (Å²) in [6.45, 7) is 1.78. The zero-order chi connectivity index (χ0) is 13.5. The normalized spacial score (nSPS) is 23.1. The van der Waals surface area contributed by atoms with Crippen molar-refractivity contribution in [3.05, 3.63) is 29.3 Å². The van der Waals surface area contributed by atoms with Crippen molar-refractivity contribution in [3.8, 4) is 5.75 Å². The molecule has 98 valence electrons. The van der Waals surface area contributed by atoms with Gasteiger partial charge in [-0.15, -0.1) is 0 Å². The predicted molar refractivity (Wildman–Crippen MR) is 56.5 cm³/mol. The van der Waals surface area contributed by atoms with Crippen LogP contribution in [-0.4, -0.2) is 23.4 Å². The van der Waals surface area contributed by atoms with E-state index in [2.05, 4.69) is 0 Å². The highest BCUT2D eigenvalue weighted by molar-refractivity contribution is 5.72. The topological polar surface area (TPSA) is 46.5 Å². The molecule has 0 spiro atoms. The molecule has 1 aliphatic heterocycles. The summed E-state index contributed by atoms with van der Waals surface area (Å²) in [6.07, 6.45) is -7.15. The van der Waals surface area contributed by atoms with Crippen LogP contribution in [0, 0.1) is 12.8 Å². The Morgan fingerprint density at radius 1 is 1.44 bits per heavy atom. The Morgan fingerprint density at radius 2 is 2.11 bits per heavy atom. The number of rotatable bonds is 1. The van der Waals surface area contributed by atoms with Gasteiger partial charge in [-0.25, -0.2) is 0 Å². The fourth-order valence-corrected chi connectivity index (χ4v) is 2.06. The van der Waals surface area contributed by atoms with E-state index in [1.807, 2.05) is 0 Å². The average Bonchev–Trinajstić information content (AvgIpc) is 2.25.